The fourth-order valence-corrected chi connectivity index (χ4v) is 5.14. The molecule has 0 saturated carbocycles. The van der Waals surface area contributed by atoms with Crippen LogP contribution < -0.4 is 0 Å². The van der Waals surface area contributed by atoms with Gasteiger partial charge in [-0.3, -0.25) is 0 Å². The van der Waals surface area contributed by atoms with Crippen LogP contribution in [0.4, 0.5) is 0 Å². The molecular weight excluding hydrogens is 324 g/mol. The fourth-order valence-electron chi connectivity index (χ4n) is 2.42. The van der Waals surface area contributed by atoms with E-state index in [1.807, 2.05) is 6.92 Å². The second-order valence-corrected chi connectivity index (χ2v) is 9.49. The molecule has 1 heterocycles. The minimum absolute atomic E-state index is 0.119. The minimum atomic E-state index is -2.89. The van der Waals surface area contributed by atoms with Crippen molar-refractivity contribution >= 4 is 8.80 Å². The Hall–Kier alpha value is 0.0169. The van der Waals surface area contributed by atoms with E-state index in [4.69, 9.17) is 22.8 Å². The second kappa shape index (κ2) is 12.4. The van der Waals surface area contributed by atoms with Gasteiger partial charge in [-0.2, -0.15) is 0 Å². The van der Waals surface area contributed by atoms with Crippen LogP contribution in [0.5, 0.6) is 0 Å². The minimum Gasteiger partial charge on any atom is -0.372 e. The summed E-state index contributed by atoms with van der Waals surface area (Å²) >= 11 is 0. The first-order chi connectivity index (χ1) is 11.6. The smallest absolute Gasteiger partial charge is 0.372 e. The van der Waals surface area contributed by atoms with Crippen molar-refractivity contribution in [1.82, 2.24) is 0 Å². The van der Waals surface area contributed by atoms with E-state index in [0.29, 0.717) is 19.8 Å². The zero-order valence-electron chi connectivity index (χ0n) is 16.3. The zero-order valence-corrected chi connectivity index (χ0v) is 17.3. The number of hydrogen-bond donors (Lipinski definition) is 0. The van der Waals surface area contributed by atoms with E-state index in [-0.39, 0.29) is 17.9 Å². The first-order valence-corrected chi connectivity index (χ1v) is 11.6. The fraction of sp³-hybridized carbons (Fsp3) is 1.00. The Morgan fingerprint density at radius 1 is 1.00 bits per heavy atom. The van der Waals surface area contributed by atoms with Crippen molar-refractivity contribution in [1.29, 1.82) is 0 Å². The number of epoxide rings is 1. The molecule has 0 aromatic carbocycles. The highest BCUT2D eigenvalue weighted by atomic mass is 28.4. The quantitative estimate of drug-likeness (QED) is 0.235. The first-order valence-electron chi connectivity index (χ1n) is 9.76. The Labute approximate surface area is 149 Å². The Bertz CT molecular complexity index is 302. The summed E-state index contributed by atoms with van der Waals surface area (Å²) in [6.45, 7) is 13.4. The van der Waals surface area contributed by atoms with Crippen LogP contribution in [0.25, 0.3) is 0 Å². The third-order valence-corrected chi connectivity index (χ3v) is 7.20. The average Bonchev–Trinajstić information content (AvgIpc) is 3.37. The number of unbranched alkanes of at least 4 members (excludes halogenated alkanes) is 2. The van der Waals surface area contributed by atoms with Crippen molar-refractivity contribution in [2.75, 3.05) is 26.4 Å². The summed E-state index contributed by atoms with van der Waals surface area (Å²) in [5, 5.41) is 0. The van der Waals surface area contributed by atoms with Gasteiger partial charge in [-0.25, -0.2) is 0 Å². The molecule has 3 atom stereocenters. The molecule has 1 rings (SSSR count). The molecule has 1 aliphatic heterocycles. The lowest BCUT2D eigenvalue weighted by Gasteiger charge is -2.36. The summed E-state index contributed by atoms with van der Waals surface area (Å²) in [4.78, 5) is 0. The van der Waals surface area contributed by atoms with Gasteiger partial charge in [0.05, 0.1) is 13.2 Å². The Balaban J connectivity index is 2.75. The molecule has 144 valence electrons. The molecule has 0 aromatic rings. The highest BCUT2D eigenvalue weighted by molar-refractivity contribution is 6.62. The zero-order chi connectivity index (χ0) is 17.8. The van der Waals surface area contributed by atoms with Crippen LogP contribution in [-0.2, 0) is 22.8 Å². The molecule has 1 fully saturated rings. The van der Waals surface area contributed by atoms with Crippen LogP contribution in [0, 0.1) is 0 Å². The maximum absolute atomic E-state index is 6.41. The van der Waals surface area contributed by atoms with Crippen molar-refractivity contribution in [3.05, 3.63) is 0 Å². The molecular formula is C18H38O5Si. The molecule has 1 aliphatic rings. The molecule has 0 radical (unpaired) electrons. The lowest BCUT2D eigenvalue weighted by molar-refractivity contribution is -0.0298. The summed E-state index contributed by atoms with van der Waals surface area (Å²) in [6, 6.07) is 0. The molecule has 1 saturated heterocycles. The summed E-state index contributed by atoms with van der Waals surface area (Å²) in [5.41, 5.74) is -0.172. The molecule has 0 aromatic heterocycles. The lowest BCUT2D eigenvalue weighted by Crippen LogP contribution is -2.58. The standard InChI is InChI=1S/C18H38O5Si/c1-6-9-12-21-24(22-13-10-7-2,23-16(4)11-8-3)17(5)19-14-18-15-20-18/h16-18H,6-15H2,1-5H3. The monoisotopic (exact) mass is 362 g/mol. The summed E-state index contributed by atoms with van der Waals surface area (Å²) in [6.07, 6.45) is 6.64. The Morgan fingerprint density at radius 3 is 2.04 bits per heavy atom. The van der Waals surface area contributed by atoms with E-state index in [9.17, 15) is 0 Å². The van der Waals surface area contributed by atoms with Crippen LogP contribution in [0.2, 0.25) is 0 Å². The summed E-state index contributed by atoms with van der Waals surface area (Å²) in [7, 11) is -2.89. The highest BCUT2D eigenvalue weighted by Gasteiger charge is 2.50. The van der Waals surface area contributed by atoms with Gasteiger partial charge in [0.1, 0.15) is 11.8 Å². The van der Waals surface area contributed by atoms with Crippen LogP contribution in [0.3, 0.4) is 0 Å². The highest BCUT2D eigenvalue weighted by Crippen LogP contribution is 2.24. The maximum atomic E-state index is 6.41. The molecule has 0 amide bonds. The van der Waals surface area contributed by atoms with Crippen LogP contribution in [0.1, 0.15) is 73.1 Å². The molecule has 0 bridgehead atoms. The number of hydrogen-bond acceptors (Lipinski definition) is 5. The van der Waals surface area contributed by atoms with Gasteiger partial charge in [-0.05, 0) is 33.1 Å². The number of ether oxygens (including phenoxy) is 2. The lowest BCUT2D eigenvalue weighted by atomic mass is 10.2. The van der Waals surface area contributed by atoms with Crippen LogP contribution >= 0.6 is 0 Å². The van der Waals surface area contributed by atoms with E-state index < -0.39 is 8.80 Å². The van der Waals surface area contributed by atoms with E-state index in [1.165, 1.54) is 0 Å². The van der Waals surface area contributed by atoms with Crippen molar-refractivity contribution in [2.24, 2.45) is 0 Å². The van der Waals surface area contributed by atoms with Crippen molar-refractivity contribution in [3.63, 3.8) is 0 Å². The van der Waals surface area contributed by atoms with Gasteiger partial charge in [-0.1, -0.05) is 40.0 Å². The van der Waals surface area contributed by atoms with Gasteiger partial charge in [0, 0.05) is 19.3 Å². The van der Waals surface area contributed by atoms with Gasteiger partial charge < -0.3 is 22.8 Å². The van der Waals surface area contributed by atoms with E-state index in [0.717, 1.165) is 45.1 Å². The van der Waals surface area contributed by atoms with E-state index in [2.05, 4.69) is 27.7 Å². The molecule has 24 heavy (non-hydrogen) atoms. The first kappa shape index (κ1) is 22.1. The van der Waals surface area contributed by atoms with Crippen molar-refractivity contribution in [2.45, 2.75) is 91.1 Å². The van der Waals surface area contributed by atoms with Gasteiger partial charge >= 0.3 is 8.80 Å². The topological polar surface area (TPSA) is 49.5 Å². The summed E-state index contributed by atoms with van der Waals surface area (Å²) in [5.74, 6) is 0. The molecule has 0 aliphatic carbocycles. The van der Waals surface area contributed by atoms with Gasteiger partial charge in [0.2, 0.25) is 0 Å². The van der Waals surface area contributed by atoms with Crippen LogP contribution in [-0.4, -0.2) is 53.2 Å². The molecule has 0 spiro atoms. The van der Waals surface area contributed by atoms with Crippen molar-refractivity contribution < 1.29 is 22.8 Å². The predicted octanol–water partition coefficient (Wildman–Crippen LogP) is 4.11. The molecule has 0 N–H and O–H groups in total. The Kier molecular flexibility index (Phi) is 11.4. The predicted molar refractivity (Wildman–Crippen MR) is 98.1 cm³/mol. The Morgan fingerprint density at radius 2 is 1.58 bits per heavy atom. The third-order valence-electron chi connectivity index (χ3n) is 4.10. The van der Waals surface area contributed by atoms with Crippen LogP contribution in [0.15, 0.2) is 0 Å². The summed E-state index contributed by atoms with van der Waals surface area (Å²) < 4.78 is 30.3. The largest absolute Gasteiger partial charge is 0.531 e. The molecule has 5 nitrogen and oxygen atoms in total. The second-order valence-electron chi connectivity index (χ2n) is 6.66. The molecule has 3 unspecified atom stereocenters. The van der Waals surface area contributed by atoms with Crippen molar-refractivity contribution in [3.8, 4) is 0 Å². The van der Waals surface area contributed by atoms with Gasteiger partial charge in [0.25, 0.3) is 0 Å². The van der Waals surface area contributed by atoms with Gasteiger partial charge in [0.15, 0.2) is 0 Å². The SMILES string of the molecule is CCCCO[Si](OCCCC)(OC(C)CCC)C(C)OCC1CO1. The normalized spacial score (nSPS) is 20.1. The third kappa shape index (κ3) is 8.40. The van der Waals surface area contributed by atoms with E-state index >= 15 is 0 Å². The van der Waals surface area contributed by atoms with Gasteiger partial charge in [-0.15, -0.1) is 0 Å². The molecule has 6 heteroatoms. The van der Waals surface area contributed by atoms with E-state index in [1.54, 1.807) is 0 Å². The average molecular weight is 363 g/mol. The maximum Gasteiger partial charge on any atom is 0.531 e. The number of rotatable bonds is 16.